The summed E-state index contributed by atoms with van der Waals surface area (Å²) in [5.41, 5.74) is 0.773. The molecule has 1 saturated heterocycles. The lowest BCUT2D eigenvalue weighted by Crippen LogP contribution is -2.36. The van der Waals surface area contributed by atoms with Crippen LogP contribution in [0.5, 0.6) is 5.88 Å². The van der Waals surface area contributed by atoms with Gasteiger partial charge in [0.05, 0.1) is 6.61 Å². The van der Waals surface area contributed by atoms with Crippen LogP contribution < -0.4 is 10.1 Å². The molecule has 2 aromatic rings. The molecule has 0 aliphatic carbocycles. The van der Waals surface area contributed by atoms with E-state index in [1.54, 1.807) is 18.3 Å². The van der Waals surface area contributed by atoms with Gasteiger partial charge < -0.3 is 10.1 Å². The Kier molecular flexibility index (Phi) is 7.38. The molecule has 0 spiro atoms. The standard InChI is InChI=1S/C21H26FN3O4S/c1-2-13-29-21-17(7-6-10-23-21)15-24-20(26)16-8-9-18(22)19(14-16)30(27,28)25-11-4-3-5-12-25/h6-10,14H,2-5,11-13,15H2,1H3,(H,24,26). The number of ether oxygens (including phenoxy) is 1. The number of carbonyl (C=O) groups excluding carboxylic acids is 1. The van der Waals surface area contributed by atoms with E-state index in [1.807, 2.05) is 6.92 Å². The second-order valence-electron chi connectivity index (χ2n) is 7.11. The molecule has 1 aromatic carbocycles. The normalized spacial score (nSPS) is 15.0. The Morgan fingerprint density at radius 1 is 1.23 bits per heavy atom. The number of halogens is 1. The Balaban J connectivity index is 1.75. The summed E-state index contributed by atoms with van der Waals surface area (Å²) in [7, 11) is -3.98. The number of nitrogens with one attached hydrogen (secondary N) is 1. The molecule has 3 rings (SSSR count). The average molecular weight is 436 g/mol. The summed E-state index contributed by atoms with van der Waals surface area (Å²) in [4.78, 5) is 16.3. The molecule has 1 amide bonds. The van der Waals surface area contributed by atoms with Gasteiger partial charge in [0.2, 0.25) is 15.9 Å². The van der Waals surface area contributed by atoms with Crippen molar-refractivity contribution in [2.75, 3.05) is 19.7 Å². The maximum Gasteiger partial charge on any atom is 0.251 e. The largest absolute Gasteiger partial charge is 0.477 e. The Morgan fingerprint density at radius 3 is 2.73 bits per heavy atom. The number of carbonyl (C=O) groups is 1. The van der Waals surface area contributed by atoms with Gasteiger partial charge in [0.25, 0.3) is 5.91 Å². The Hall–Kier alpha value is -2.52. The lowest BCUT2D eigenvalue weighted by Gasteiger charge is -2.26. The van der Waals surface area contributed by atoms with E-state index in [4.69, 9.17) is 4.74 Å². The van der Waals surface area contributed by atoms with E-state index in [9.17, 15) is 17.6 Å². The lowest BCUT2D eigenvalue weighted by molar-refractivity contribution is 0.0950. The van der Waals surface area contributed by atoms with Crippen LogP contribution >= 0.6 is 0 Å². The van der Waals surface area contributed by atoms with Crippen molar-refractivity contribution in [1.82, 2.24) is 14.6 Å². The highest BCUT2D eigenvalue weighted by atomic mass is 32.2. The zero-order valence-corrected chi connectivity index (χ0v) is 17.8. The molecule has 30 heavy (non-hydrogen) atoms. The third kappa shape index (κ3) is 5.14. The van der Waals surface area contributed by atoms with Gasteiger partial charge >= 0.3 is 0 Å². The summed E-state index contributed by atoms with van der Waals surface area (Å²) < 4.78 is 46.9. The van der Waals surface area contributed by atoms with Gasteiger partial charge in [-0.05, 0) is 43.5 Å². The van der Waals surface area contributed by atoms with Crippen LogP contribution in [0.25, 0.3) is 0 Å². The van der Waals surface area contributed by atoms with Crippen molar-refractivity contribution in [2.24, 2.45) is 0 Å². The minimum Gasteiger partial charge on any atom is -0.477 e. The number of aromatic nitrogens is 1. The molecule has 0 atom stereocenters. The van der Waals surface area contributed by atoms with Crippen molar-refractivity contribution < 1.29 is 22.3 Å². The molecule has 0 saturated carbocycles. The number of nitrogens with zero attached hydrogens (tertiary/aromatic N) is 2. The van der Waals surface area contributed by atoms with E-state index in [0.717, 1.165) is 37.8 Å². The molecule has 0 radical (unpaired) electrons. The number of hydrogen-bond donors (Lipinski definition) is 1. The van der Waals surface area contributed by atoms with Crippen molar-refractivity contribution in [3.05, 3.63) is 53.5 Å². The number of rotatable bonds is 8. The van der Waals surface area contributed by atoms with Crippen LogP contribution in [0.4, 0.5) is 4.39 Å². The van der Waals surface area contributed by atoms with Gasteiger partial charge in [-0.15, -0.1) is 0 Å². The van der Waals surface area contributed by atoms with Crippen LogP contribution in [0.3, 0.4) is 0 Å². The molecule has 1 fully saturated rings. The summed E-state index contributed by atoms with van der Waals surface area (Å²) in [6, 6.07) is 6.92. The van der Waals surface area contributed by atoms with Gasteiger partial charge in [-0.2, -0.15) is 4.31 Å². The summed E-state index contributed by atoms with van der Waals surface area (Å²) >= 11 is 0. The Morgan fingerprint density at radius 2 is 2.00 bits per heavy atom. The zero-order chi connectivity index (χ0) is 21.6. The molecular formula is C21H26FN3O4S. The van der Waals surface area contributed by atoms with E-state index in [-0.39, 0.29) is 12.1 Å². The highest BCUT2D eigenvalue weighted by molar-refractivity contribution is 7.89. The zero-order valence-electron chi connectivity index (χ0n) is 16.9. The topological polar surface area (TPSA) is 88.6 Å². The van der Waals surface area contributed by atoms with Gasteiger partial charge in [-0.1, -0.05) is 19.4 Å². The Labute approximate surface area is 176 Å². The summed E-state index contributed by atoms with van der Waals surface area (Å²) in [6.07, 6.45) is 4.87. The summed E-state index contributed by atoms with van der Waals surface area (Å²) in [5, 5.41) is 2.72. The fraction of sp³-hybridized carbons (Fsp3) is 0.429. The molecule has 162 valence electrons. The number of benzene rings is 1. The molecule has 2 heterocycles. The van der Waals surface area contributed by atoms with Gasteiger partial charge in [0.15, 0.2) is 0 Å². The molecule has 7 nitrogen and oxygen atoms in total. The van der Waals surface area contributed by atoms with Gasteiger partial charge in [0, 0.05) is 37.0 Å². The molecule has 0 bridgehead atoms. The van der Waals surface area contributed by atoms with E-state index in [0.29, 0.717) is 31.1 Å². The van der Waals surface area contributed by atoms with Crippen molar-refractivity contribution in [1.29, 1.82) is 0 Å². The molecule has 1 aliphatic rings. The van der Waals surface area contributed by atoms with Gasteiger partial charge in [-0.25, -0.2) is 17.8 Å². The van der Waals surface area contributed by atoms with Crippen molar-refractivity contribution >= 4 is 15.9 Å². The third-order valence-corrected chi connectivity index (χ3v) is 6.77. The van der Waals surface area contributed by atoms with Gasteiger partial charge in [-0.3, -0.25) is 4.79 Å². The van der Waals surface area contributed by atoms with E-state index in [1.165, 1.54) is 10.4 Å². The minimum atomic E-state index is -3.98. The second-order valence-corrected chi connectivity index (χ2v) is 9.02. The second kappa shape index (κ2) is 9.99. The molecule has 1 N–H and O–H groups in total. The van der Waals surface area contributed by atoms with Crippen LogP contribution in [-0.4, -0.2) is 43.3 Å². The number of hydrogen-bond acceptors (Lipinski definition) is 5. The summed E-state index contributed by atoms with van der Waals surface area (Å²) in [6.45, 7) is 3.36. The molecule has 0 unspecified atom stereocenters. The number of pyridine rings is 1. The molecule has 1 aromatic heterocycles. The molecule has 9 heteroatoms. The monoisotopic (exact) mass is 435 g/mol. The SMILES string of the molecule is CCCOc1ncccc1CNC(=O)c1ccc(F)c(S(=O)(=O)N2CCCCC2)c1. The smallest absolute Gasteiger partial charge is 0.251 e. The van der Waals surface area contributed by atoms with Crippen LogP contribution in [0.1, 0.15) is 48.5 Å². The van der Waals surface area contributed by atoms with Crippen LogP contribution in [0.15, 0.2) is 41.4 Å². The first-order valence-corrected chi connectivity index (χ1v) is 11.5. The average Bonchev–Trinajstić information content (AvgIpc) is 2.77. The van der Waals surface area contributed by atoms with Crippen LogP contribution in [-0.2, 0) is 16.6 Å². The third-order valence-electron chi connectivity index (χ3n) is 4.86. The number of sulfonamides is 1. The lowest BCUT2D eigenvalue weighted by atomic mass is 10.2. The van der Waals surface area contributed by atoms with Crippen LogP contribution in [0, 0.1) is 5.82 Å². The first kappa shape index (κ1) is 22.2. The van der Waals surface area contributed by atoms with Crippen LogP contribution in [0.2, 0.25) is 0 Å². The Bertz CT molecular complexity index is 991. The maximum absolute atomic E-state index is 14.3. The van der Waals surface area contributed by atoms with Gasteiger partial charge in [0.1, 0.15) is 10.7 Å². The quantitative estimate of drug-likeness (QED) is 0.688. The summed E-state index contributed by atoms with van der Waals surface area (Å²) in [5.74, 6) is -0.929. The predicted octanol–water partition coefficient (Wildman–Crippen LogP) is 3.11. The first-order valence-electron chi connectivity index (χ1n) is 10.1. The highest BCUT2D eigenvalue weighted by Crippen LogP contribution is 2.24. The van der Waals surface area contributed by atoms with E-state index >= 15 is 0 Å². The van der Waals surface area contributed by atoms with E-state index < -0.39 is 26.6 Å². The minimum absolute atomic E-state index is 0.0758. The predicted molar refractivity (Wildman–Crippen MR) is 110 cm³/mol. The van der Waals surface area contributed by atoms with Crippen molar-refractivity contribution in [3.8, 4) is 5.88 Å². The molecular weight excluding hydrogens is 409 g/mol. The molecule has 1 aliphatic heterocycles. The fourth-order valence-corrected chi connectivity index (χ4v) is 4.86. The number of piperidine rings is 1. The highest BCUT2D eigenvalue weighted by Gasteiger charge is 2.29. The van der Waals surface area contributed by atoms with Crippen molar-refractivity contribution in [2.45, 2.75) is 44.0 Å². The maximum atomic E-state index is 14.3. The number of amides is 1. The van der Waals surface area contributed by atoms with E-state index in [2.05, 4.69) is 10.3 Å². The first-order chi connectivity index (χ1) is 14.4. The van der Waals surface area contributed by atoms with Crippen molar-refractivity contribution in [3.63, 3.8) is 0 Å². The fourth-order valence-electron chi connectivity index (χ4n) is 3.25.